The maximum absolute atomic E-state index is 13.4. The summed E-state index contributed by atoms with van der Waals surface area (Å²) in [6.07, 6.45) is 5.18. The van der Waals surface area contributed by atoms with Crippen LogP contribution >= 0.6 is 11.6 Å². The fraction of sp³-hybridized carbons (Fsp3) is 0.133. The molecule has 0 unspecified atom stereocenters. The predicted octanol–water partition coefficient (Wildman–Crippen LogP) is 3.82. The minimum absolute atomic E-state index is 0.129. The van der Waals surface area contributed by atoms with Gasteiger partial charge in [0.05, 0.1) is 17.4 Å². The molecule has 0 saturated carbocycles. The Balaban J connectivity index is 1.76. The Morgan fingerprint density at radius 2 is 2.26 bits per heavy atom. The molecule has 0 aliphatic rings. The summed E-state index contributed by atoms with van der Waals surface area (Å²) in [7, 11) is 0. The summed E-state index contributed by atoms with van der Waals surface area (Å²) in [5, 5.41) is 4.91. The number of benzene rings is 1. The van der Waals surface area contributed by atoms with E-state index in [1.807, 2.05) is 17.7 Å². The number of aromatic nitrogens is 5. The summed E-state index contributed by atoms with van der Waals surface area (Å²) in [6.45, 7) is 1.93. The molecule has 0 amide bonds. The summed E-state index contributed by atoms with van der Waals surface area (Å²) in [5.41, 5.74) is 1.18. The van der Waals surface area contributed by atoms with E-state index in [4.69, 9.17) is 16.1 Å². The van der Waals surface area contributed by atoms with E-state index in [1.165, 1.54) is 12.1 Å². The van der Waals surface area contributed by atoms with Crippen LogP contribution < -0.4 is 0 Å². The second-order valence-corrected chi connectivity index (χ2v) is 5.53. The SMILES string of the molecule is C[C@@H](c1noc(-c2[nH]c3ccc(F)cc3c2Cl)n1)n1ccnc1. The van der Waals surface area contributed by atoms with Crippen LogP contribution in [-0.4, -0.2) is 24.7 Å². The number of rotatable bonds is 3. The quantitative estimate of drug-likeness (QED) is 0.619. The zero-order valence-electron chi connectivity index (χ0n) is 12.0. The lowest BCUT2D eigenvalue weighted by Gasteiger charge is -2.06. The maximum atomic E-state index is 13.4. The Hall–Kier alpha value is -2.67. The van der Waals surface area contributed by atoms with Crippen LogP contribution in [-0.2, 0) is 0 Å². The van der Waals surface area contributed by atoms with Gasteiger partial charge in [0.15, 0.2) is 5.82 Å². The Bertz CT molecular complexity index is 975. The van der Waals surface area contributed by atoms with Crippen molar-refractivity contribution in [1.29, 1.82) is 0 Å². The van der Waals surface area contributed by atoms with E-state index >= 15 is 0 Å². The lowest BCUT2D eigenvalue weighted by Crippen LogP contribution is -2.06. The Kier molecular flexibility index (Phi) is 3.16. The van der Waals surface area contributed by atoms with Crippen molar-refractivity contribution >= 4 is 22.5 Å². The third kappa shape index (κ3) is 2.29. The smallest absolute Gasteiger partial charge is 0.276 e. The monoisotopic (exact) mass is 331 g/mol. The minimum atomic E-state index is -0.357. The molecule has 0 spiro atoms. The molecular weight excluding hydrogens is 321 g/mol. The van der Waals surface area contributed by atoms with Crippen molar-refractivity contribution < 1.29 is 8.91 Å². The fourth-order valence-corrected chi connectivity index (χ4v) is 2.70. The molecule has 0 radical (unpaired) electrons. The van der Waals surface area contributed by atoms with Crippen LogP contribution in [0.5, 0.6) is 0 Å². The summed E-state index contributed by atoms with van der Waals surface area (Å²) in [5.74, 6) is 0.400. The Morgan fingerprint density at radius 3 is 3.04 bits per heavy atom. The first-order chi connectivity index (χ1) is 11.1. The highest BCUT2D eigenvalue weighted by Crippen LogP contribution is 2.34. The molecular formula is C15H11ClFN5O. The molecule has 1 N–H and O–H groups in total. The lowest BCUT2D eigenvalue weighted by molar-refractivity contribution is 0.411. The first kappa shape index (κ1) is 14.0. The third-order valence-electron chi connectivity index (χ3n) is 3.70. The van der Waals surface area contributed by atoms with Crippen LogP contribution in [0.4, 0.5) is 4.39 Å². The fourth-order valence-electron chi connectivity index (χ4n) is 2.42. The number of aromatic amines is 1. The van der Waals surface area contributed by atoms with Gasteiger partial charge in [0.1, 0.15) is 11.5 Å². The summed E-state index contributed by atoms with van der Waals surface area (Å²) >= 11 is 6.31. The van der Waals surface area contributed by atoms with Gasteiger partial charge in [0.25, 0.3) is 5.89 Å². The molecule has 4 rings (SSSR count). The van der Waals surface area contributed by atoms with Gasteiger partial charge in [-0.2, -0.15) is 4.98 Å². The third-order valence-corrected chi connectivity index (χ3v) is 4.09. The normalized spacial score (nSPS) is 12.8. The van der Waals surface area contributed by atoms with Gasteiger partial charge in [-0.15, -0.1) is 0 Å². The second kappa shape index (κ2) is 5.20. The number of halogens is 2. The van der Waals surface area contributed by atoms with E-state index < -0.39 is 0 Å². The highest BCUT2D eigenvalue weighted by Gasteiger charge is 2.20. The van der Waals surface area contributed by atoms with Gasteiger partial charge < -0.3 is 14.1 Å². The number of hydrogen-bond donors (Lipinski definition) is 1. The van der Waals surface area contributed by atoms with Crippen molar-refractivity contribution in [2.75, 3.05) is 0 Å². The van der Waals surface area contributed by atoms with Crippen LogP contribution in [0.25, 0.3) is 22.5 Å². The second-order valence-electron chi connectivity index (χ2n) is 5.15. The maximum Gasteiger partial charge on any atom is 0.276 e. The molecule has 4 aromatic rings. The molecule has 0 aliphatic carbocycles. The van der Waals surface area contributed by atoms with E-state index in [1.54, 1.807) is 18.6 Å². The summed E-state index contributed by atoms with van der Waals surface area (Å²) in [6, 6.07) is 4.21. The molecule has 3 heterocycles. The van der Waals surface area contributed by atoms with Gasteiger partial charge in [0.2, 0.25) is 0 Å². The molecule has 23 heavy (non-hydrogen) atoms. The number of imidazole rings is 1. The average molecular weight is 332 g/mol. The highest BCUT2D eigenvalue weighted by atomic mass is 35.5. The molecule has 3 aromatic heterocycles. The van der Waals surface area contributed by atoms with Gasteiger partial charge in [-0.1, -0.05) is 16.8 Å². The van der Waals surface area contributed by atoms with E-state index in [-0.39, 0.29) is 17.7 Å². The largest absolute Gasteiger partial charge is 0.349 e. The molecule has 0 fully saturated rings. The van der Waals surface area contributed by atoms with Crippen molar-refractivity contribution in [2.45, 2.75) is 13.0 Å². The number of nitrogens with one attached hydrogen (secondary N) is 1. The van der Waals surface area contributed by atoms with E-state index in [0.29, 0.717) is 27.4 Å². The van der Waals surface area contributed by atoms with Crippen LogP contribution in [0.2, 0.25) is 5.02 Å². The lowest BCUT2D eigenvalue weighted by atomic mass is 10.2. The van der Waals surface area contributed by atoms with E-state index in [0.717, 1.165) is 0 Å². The van der Waals surface area contributed by atoms with E-state index in [9.17, 15) is 4.39 Å². The minimum Gasteiger partial charge on any atom is -0.349 e. The zero-order chi connectivity index (χ0) is 16.0. The van der Waals surface area contributed by atoms with Crippen LogP contribution in [0.1, 0.15) is 18.8 Å². The van der Waals surface area contributed by atoms with Crippen molar-refractivity contribution in [3.8, 4) is 11.6 Å². The Labute approximate surface area is 134 Å². The molecule has 0 aliphatic heterocycles. The number of nitrogens with zero attached hydrogens (tertiary/aromatic N) is 4. The van der Waals surface area contributed by atoms with Crippen molar-refractivity contribution in [3.05, 3.63) is 53.6 Å². The van der Waals surface area contributed by atoms with Gasteiger partial charge in [0, 0.05) is 23.3 Å². The number of fused-ring (bicyclic) bond motifs is 1. The zero-order valence-corrected chi connectivity index (χ0v) is 12.8. The van der Waals surface area contributed by atoms with Gasteiger partial charge in [-0.25, -0.2) is 9.37 Å². The molecule has 116 valence electrons. The van der Waals surface area contributed by atoms with Crippen molar-refractivity contribution in [3.63, 3.8) is 0 Å². The molecule has 0 bridgehead atoms. The summed E-state index contributed by atoms with van der Waals surface area (Å²) in [4.78, 5) is 11.5. The number of hydrogen-bond acceptors (Lipinski definition) is 4. The molecule has 8 heteroatoms. The molecule has 6 nitrogen and oxygen atoms in total. The van der Waals surface area contributed by atoms with Gasteiger partial charge >= 0.3 is 0 Å². The highest BCUT2D eigenvalue weighted by molar-refractivity contribution is 6.38. The van der Waals surface area contributed by atoms with Crippen molar-refractivity contribution in [2.24, 2.45) is 0 Å². The van der Waals surface area contributed by atoms with Crippen LogP contribution in [0, 0.1) is 5.82 Å². The first-order valence-corrected chi connectivity index (χ1v) is 7.29. The van der Waals surface area contributed by atoms with Crippen LogP contribution in [0.15, 0.2) is 41.4 Å². The van der Waals surface area contributed by atoms with Crippen molar-refractivity contribution in [1.82, 2.24) is 24.7 Å². The first-order valence-electron chi connectivity index (χ1n) is 6.91. The van der Waals surface area contributed by atoms with E-state index in [2.05, 4.69) is 20.1 Å². The predicted molar refractivity (Wildman–Crippen MR) is 82.6 cm³/mol. The van der Waals surface area contributed by atoms with Gasteiger partial charge in [-0.3, -0.25) is 0 Å². The molecule has 1 aromatic carbocycles. The average Bonchev–Trinajstić information content (AvgIpc) is 3.27. The molecule has 0 saturated heterocycles. The standard InChI is InChI=1S/C15H11ClFN5O/c1-8(22-5-4-18-7-22)14-20-15(23-21-14)13-12(16)10-6-9(17)2-3-11(10)19-13/h2-8,19H,1H3/t8-/m0/s1. The number of H-pyrrole nitrogens is 1. The van der Waals surface area contributed by atoms with Gasteiger partial charge in [-0.05, 0) is 25.1 Å². The Morgan fingerprint density at radius 1 is 1.39 bits per heavy atom. The summed E-state index contributed by atoms with van der Waals surface area (Å²) < 4.78 is 20.5. The topological polar surface area (TPSA) is 72.5 Å². The van der Waals surface area contributed by atoms with Crippen LogP contribution in [0.3, 0.4) is 0 Å². The molecule has 1 atom stereocenters.